The lowest BCUT2D eigenvalue weighted by Crippen LogP contribution is -2.62. The van der Waals surface area contributed by atoms with Crippen LogP contribution >= 0.6 is 0 Å². The number of hydrogen-bond acceptors (Lipinski definition) is 13. The molecule has 0 aromatic carbocycles. The number of unbranched alkanes of at least 4 members (excludes halogenated alkanes) is 2. The SMILES string of the molecule is CCCCC[C@H](CC(=O)OCC)O[C@@H]1O[C@H](CO[C@@H]2O[C@H](CO)[C@H](O)[C@H](O)[C@H]2O)[C@H](O)[C@H](O)[C@H]1O. The first-order valence-electron chi connectivity index (χ1n) is 12.1. The second-order valence-electron chi connectivity index (χ2n) is 8.81. The molecule has 2 heterocycles. The van der Waals surface area contributed by atoms with E-state index < -0.39 is 86.7 Å². The third-order valence-corrected chi connectivity index (χ3v) is 6.10. The lowest BCUT2D eigenvalue weighted by Gasteiger charge is -2.43. The Labute approximate surface area is 204 Å². The molecule has 0 saturated carbocycles. The average Bonchev–Trinajstić information content (AvgIpc) is 2.83. The van der Waals surface area contributed by atoms with Crippen LogP contribution in [0.2, 0.25) is 0 Å². The van der Waals surface area contributed by atoms with Gasteiger partial charge in [-0.3, -0.25) is 4.79 Å². The number of carbonyl (C=O) groups is 1. The Bertz CT molecular complexity index is 620. The summed E-state index contributed by atoms with van der Waals surface area (Å²) in [5, 5.41) is 70.2. The predicted octanol–water partition coefficient (Wildman–Crippen LogP) is -2.47. The molecule has 2 aliphatic heterocycles. The summed E-state index contributed by atoms with van der Waals surface area (Å²) in [7, 11) is 0. The van der Waals surface area contributed by atoms with Crippen molar-refractivity contribution >= 4 is 5.97 Å². The third kappa shape index (κ3) is 8.27. The maximum Gasteiger partial charge on any atom is 0.308 e. The number of aliphatic hydroxyl groups excluding tert-OH is 7. The monoisotopic (exact) mass is 512 g/mol. The van der Waals surface area contributed by atoms with Crippen LogP contribution in [0.3, 0.4) is 0 Å². The molecule has 2 rings (SSSR count). The fourth-order valence-corrected chi connectivity index (χ4v) is 4.00. The Morgan fingerprint density at radius 3 is 2.03 bits per heavy atom. The molecular formula is C22H40O13. The van der Waals surface area contributed by atoms with Gasteiger partial charge in [-0.15, -0.1) is 0 Å². The van der Waals surface area contributed by atoms with Gasteiger partial charge >= 0.3 is 5.97 Å². The number of rotatable bonds is 13. The summed E-state index contributed by atoms with van der Waals surface area (Å²) in [5.74, 6) is -0.484. The highest BCUT2D eigenvalue weighted by atomic mass is 16.7. The lowest BCUT2D eigenvalue weighted by molar-refractivity contribution is -0.336. The minimum Gasteiger partial charge on any atom is -0.466 e. The normalized spacial score (nSPS) is 38.8. The molecule has 11 atom stereocenters. The van der Waals surface area contributed by atoms with E-state index in [9.17, 15) is 40.5 Å². The first-order valence-corrected chi connectivity index (χ1v) is 12.1. The molecular weight excluding hydrogens is 472 g/mol. The topological polar surface area (TPSA) is 205 Å². The van der Waals surface area contributed by atoms with Gasteiger partial charge in [-0.2, -0.15) is 0 Å². The number of esters is 1. The molecule has 0 aromatic heterocycles. The maximum atomic E-state index is 12.0. The lowest BCUT2D eigenvalue weighted by atomic mass is 9.98. The van der Waals surface area contributed by atoms with Gasteiger partial charge in [-0.25, -0.2) is 0 Å². The standard InChI is InChI=1S/C22H40O13/c1-3-5-6-7-11(8-14(24)31-4-2)33-22-20(30)18(28)16(26)13(35-22)10-32-21-19(29)17(27)15(25)12(9-23)34-21/h11-13,15-23,25-30H,3-10H2,1-2H3/t11-,12-,13-,15+,16+,17+,18+,19-,20-,21-,22-/m1/s1. The largest absolute Gasteiger partial charge is 0.466 e. The average molecular weight is 513 g/mol. The number of ether oxygens (including phenoxy) is 5. The molecule has 206 valence electrons. The van der Waals surface area contributed by atoms with E-state index in [-0.39, 0.29) is 13.0 Å². The van der Waals surface area contributed by atoms with Crippen molar-refractivity contribution in [1.82, 2.24) is 0 Å². The zero-order valence-corrected chi connectivity index (χ0v) is 20.1. The van der Waals surface area contributed by atoms with Crippen molar-refractivity contribution in [2.75, 3.05) is 19.8 Å². The second-order valence-corrected chi connectivity index (χ2v) is 8.81. The fourth-order valence-electron chi connectivity index (χ4n) is 4.00. The van der Waals surface area contributed by atoms with Gasteiger partial charge in [-0.05, 0) is 13.3 Å². The van der Waals surface area contributed by atoms with Gasteiger partial charge in [0.05, 0.1) is 32.3 Å². The van der Waals surface area contributed by atoms with Crippen molar-refractivity contribution < 1.29 is 64.2 Å². The van der Waals surface area contributed by atoms with E-state index in [0.29, 0.717) is 6.42 Å². The molecule has 2 aliphatic rings. The smallest absolute Gasteiger partial charge is 0.308 e. The van der Waals surface area contributed by atoms with E-state index in [1.165, 1.54) is 0 Å². The summed E-state index contributed by atoms with van der Waals surface area (Å²) >= 11 is 0. The van der Waals surface area contributed by atoms with Crippen LogP contribution in [-0.4, -0.2) is 129 Å². The molecule has 7 N–H and O–H groups in total. The van der Waals surface area contributed by atoms with Crippen molar-refractivity contribution in [2.45, 2.75) is 113 Å². The van der Waals surface area contributed by atoms with Crippen LogP contribution in [0, 0.1) is 0 Å². The highest BCUT2D eigenvalue weighted by molar-refractivity contribution is 5.69. The maximum absolute atomic E-state index is 12.0. The molecule has 13 nitrogen and oxygen atoms in total. The summed E-state index contributed by atoms with van der Waals surface area (Å²) in [4.78, 5) is 12.0. The van der Waals surface area contributed by atoms with Crippen molar-refractivity contribution in [1.29, 1.82) is 0 Å². The van der Waals surface area contributed by atoms with E-state index in [0.717, 1.165) is 19.3 Å². The van der Waals surface area contributed by atoms with Gasteiger partial charge in [0.25, 0.3) is 0 Å². The Hall–Kier alpha value is -0.970. The van der Waals surface area contributed by atoms with Crippen molar-refractivity contribution in [3.05, 3.63) is 0 Å². The van der Waals surface area contributed by atoms with E-state index in [4.69, 9.17) is 23.7 Å². The van der Waals surface area contributed by atoms with Crippen LogP contribution in [0.4, 0.5) is 0 Å². The highest BCUT2D eigenvalue weighted by Crippen LogP contribution is 2.27. The molecule has 2 fully saturated rings. The van der Waals surface area contributed by atoms with Crippen LogP contribution in [-0.2, 0) is 28.5 Å². The quantitative estimate of drug-likeness (QED) is 0.101. The van der Waals surface area contributed by atoms with Crippen molar-refractivity contribution in [3.8, 4) is 0 Å². The summed E-state index contributed by atoms with van der Waals surface area (Å²) in [5.41, 5.74) is 0. The molecule has 0 aliphatic carbocycles. The first-order chi connectivity index (χ1) is 16.6. The molecule has 0 unspecified atom stereocenters. The second kappa shape index (κ2) is 14.7. The van der Waals surface area contributed by atoms with Gasteiger partial charge in [0.2, 0.25) is 0 Å². The molecule has 0 bridgehead atoms. The van der Waals surface area contributed by atoms with Crippen LogP contribution in [0.1, 0.15) is 46.0 Å². The van der Waals surface area contributed by atoms with Gasteiger partial charge in [0, 0.05) is 0 Å². The number of carbonyl (C=O) groups excluding carboxylic acids is 1. The summed E-state index contributed by atoms with van der Waals surface area (Å²) < 4.78 is 27.1. The Kier molecular flexibility index (Phi) is 12.7. The van der Waals surface area contributed by atoms with Crippen molar-refractivity contribution in [3.63, 3.8) is 0 Å². The summed E-state index contributed by atoms with van der Waals surface area (Å²) in [6.07, 6.45) is -12.8. The Balaban J connectivity index is 2.03. The first kappa shape index (κ1) is 30.3. The van der Waals surface area contributed by atoms with Gasteiger partial charge in [0.15, 0.2) is 12.6 Å². The minimum atomic E-state index is -1.67. The van der Waals surface area contributed by atoms with Crippen LogP contribution in [0.15, 0.2) is 0 Å². The zero-order chi connectivity index (χ0) is 26.1. The number of hydrogen-bond donors (Lipinski definition) is 7. The fraction of sp³-hybridized carbons (Fsp3) is 0.955. The number of aliphatic hydroxyl groups is 7. The molecule has 0 aromatic rings. The predicted molar refractivity (Wildman–Crippen MR) is 117 cm³/mol. The van der Waals surface area contributed by atoms with Crippen molar-refractivity contribution in [2.24, 2.45) is 0 Å². The minimum absolute atomic E-state index is 0.0885. The van der Waals surface area contributed by atoms with Gasteiger partial charge < -0.3 is 59.4 Å². The zero-order valence-electron chi connectivity index (χ0n) is 20.1. The van der Waals surface area contributed by atoms with E-state index >= 15 is 0 Å². The van der Waals surface area contributed by atoms with E-state index in [1.807, 2.05) is 6.92 Å². The molecule has 35 heavy (non-hydrogen) atoms. The van der Waals surface area contributed by atoms with Crippen LogP contribution in [0.25, 0.3) is 0 Å². The molecule has 0 spiro atoms. The molecule has 0 radical (unpaired) electrons. The van der Waals surface area contributed by atoms with Crippen LogP contribution < -0.4 is 0 Å². The Morgan fingerprint density at radius 2 is 1.43 bits per heavy atom. The van der Waals surface area contributed by atoms with E-state index in [2.05, 4.69) is 0 Å². The molecule has 0 amide bonds. The van der Waals surface area contributed by atoms with Gasteiger partial charge in [0.1, 0.15) is 48.8 Å². The van der Waals surface area contributed by atoms with Gasteiger partial charge in [-0.1, -0.05) is 26.2 Å². The molecule has 13 heteroatoms. The Morgan fingerprint density at radius 1 is 0.829 bits per heavy atom. The van der Waals surface area contributed by atoms with Crippen LogP contribution in [0.5, 0.6) is 0 Å². The summed E-state index contributed by atoms with van der Waals surface area (Å²) in [6.45, 7) is 2.79. The molecule has 2 saturated heterocycles. The van der Waals surface area contributed by atoms with E-state index in [1.54, 1.807) is 6.92 Å². The summed E-state index contributed by atoms with van der Waals surface area (Å²) in [6, 6.07) is 0. The highest BCUT2D eigenvalue weighted by Gasteiger charge is 2.48. The third-order valence-electron chi connectivity index (χ3n) is 6.10.